The Morgan fingerprint density at radius 1 is 1.00 bits per heavy atom. The first-order chi connectivity index (χ1) is 13.6. The van der Waals surface area contributed by atoms with Crippen LogP contribution in [-0.4, -0.2) is 15.5 Å². The fourth-order valence-corrected chi connectivity index (χ4v) is 3.58. The molecule has 2 rings (SSSR count). The van der Waals surface area contributed by atoms with Crippen molar-refractivity contribution in [1.29, 1.82) is 0 Å². The number of nitrogens with one attached hydrogen (secondary N) is 1. The van der Waals surface area contributed by atoms with Crippen LogP contribution >= 0.6 is 0 Å². The van der Waals surface area contributed by atoms with Crippen LogP contribution in [0.25, 0.3) is 11.0 Å². The molecule has 28 heavy (non-hydrogen) atoms. The highest BCUT2D eigenvalue weighted by molar-refractivity contribution is 5.92. The van der Waals surface area contributed by atoms with E-state index in [-0.39, 0.29) is 5.91 Å². The summed E-state index contributed by atoms with van der Waals surface area (Å²) in [6, 6.07) is 8.21. The zero-order chi connectivity index (χ0) is 20.2. The van der Waals surface area contributed by atoms with E-state index in [1.54, 1.807) is 6.92 Å². The Kier molecular flexibility index (Phi) is 9.81. The van der Waals surface area contributed by atoms with Crippen LogP contribution in [0, 0.1) is 0 Å². The number of carbonyl (C=O) groups excluding carboxylic acids is 1. The van der Waals surface area contributed by atoms with Gasteiger partial charge in [-0.15, -0.1) is 0 Å². The van der Waals surface area contributed by atoms with Crippen molar-refractivity contribution in [3.05, 3.63) is 42.2 Å². The first kappa shape index (κ1) is 22.2. The Bertz CT molecular complexity index is 747. The molecule has 0 saturated heterocycles. The van der Waals surface area contributed by atoms with Gasteiger partial charge in [0.25, 0.3) is 0 Å². The molecule has 0 fully saturated rings. The van der Waals surface area contributed by atoms with E-state index in [2.05, 4.69) is 35.5 Å². The normalized spacial score (nSPS) is 11.1. The van der Waals surface area contributed by atoms with Gasteiger partial charge in [0.1, 0.15) is 5.82 Å². The molecule has 4 nitrogen and oxygen atoms in total. The molecule has 0 radical (unpaired) electrons. The van der Waals surface area contributed by atoms with E-state index in [1.165, 1.54) is 57.8 Å². The van der Waals surface area contributed by atoms with Crippen LogP contribution in [0.4, 0.5) is 0 Å². The first-order valence-corrected chi connectivity index (χ1v) is 11.0. The zero-order valence-electron chi connectivity index (χ0n) is 17.8. The molecule has 4 heteroatoms. The van der Waals surface area contributed by atoms with E-state index in [9.17, 15) is 4.79 Å². The Labute approximate surface area is 170 Å². The van der Waals surface area contributed by atoms with Gasteiger partial charge in [-0.3, -0.25) is 4.79 Å². The zero-order valence-corrected chi connectivity index (χ0v) is 17.8. The van der Waals surface area contributed by atoms with Crippen molar-refractivity contribution in [2.75, 3.05) is 0 Å². The van der Waals surface area contributed by atoms with Crippen molar-refractivity contribution in [1.82, 2.24) is 14.9 Å². The van der Waals surface area contributed by atoms with Crippen LogP contribution in [-0.2, 0) is 17.9 Å². The lowest BCUT2D eigenvalue weighted by atomic mass is 10.1. The van der Waals surface area contributed by atoms with Crippen molar-refractivity contribution in [3.63, 3.8) is 0 Å². The third-order valence-corrected chi connectivity index (χ3v) is 5.26. The second-order valence-corrected chi connectivity index (χ2v) is 7.81. The second-order valence-electron chi connectivity index (χ2n) is 7.81. The van der Waals surface area contributed by atoms with E-state index in [0.29, 0.717) is 12.1 Å². The van der Waals surface area contributed by atoms with Crippen LogP contribution in [0.2, 0.25) is 0 Å². The number of para-hydroxylation sites is 2. The minimum atomic E-state index is -0.113. The number of nitrogens with zero attached hydrogens (tertiary/aromatic N) is 2. The largest absolute Gasteiger partial charge is 0.345 e. The number of benzene rings is 1. The van der Waals surface area contributed by atoms with Crippen LogP contribution in [0.5, 0.6) is 0 Å². The monoisotopic (exact) mass is 383 g/mol. The summed E-state index contributed by atoms with van der Waals surface area (Å²) in [5.74, 6) is 0.810. The molecule has 0 spiro atoms. The molecule has 1 N–H and O–H groups in total. The van der Waals surface area contributed by atoms with Crippen molar-refractivity contribution in [2.24, 2.45) is 0 Å². The molecule has 0 aliphatic rings. The molecule has 154 valence electrons. The fraction of sp³-hybridized carbons (Fsp3) is 0.583. The van der Waals surface area contributed by atoms with Crippen molar-refractivity contribution >= 4 is 16.9 Å². The topological polar surface area (TPSA) is 46.9 Å². The summed E-state index contributed by atoms with van der Waals surface area (Å²) in [6.45, 7) is 9.09. The molecule has 1 aromatic carbocycles. The van der Waals surface area contributed by atoms with Gasteiger partial charge >= 0.3 is 0 Å². The number of carbonyl (C=O) groups is 1. The van der Waals surface area contributed by atoms with Crippen LogP contribution in [0.15, 0.2) is 36.4 Å². The van der Waals surface area contributed by atoms with Gasteiger partial charge in [-0.05, 0) is 25.5 Å². The Balaban J connectivity index is 1.79. The maximum Gasteiger partial charge on any atom is 0.246 e. The van der Waals surface area contributed by atoms with E-state index in [1.807, 2.05) is 12.1 Å². The molecule has 1 heterocycles. The molecule has 1 aromatic heterocycles. The maximum absolute atomic E-state index is 11.8. The van der Waals surface area contributed by atoms with E-state index in [0.717, 1.165) is 29.8 Å². The van der Waals surface area contributed by atoms with Crippen LogP contribution in [0.3, 0.4) is 0 Å². The molecule has 0 aliphatic carbocycles. The number of hydrogen-bond donors (Lipinski definition) is 1. The molecule has 0 bridgehead atoms. The summed E-state index contributed by atoms with van der Waals surface area (Å²) in [5.41, 5.74) is 2.67. The number of amides is 1. The summed E-state index contributed by atoms with van der Waals surface area (Å²) in [6.07, 6.45) is 13.3. The lowest BCUT2D eigenvalue weighted by Crippen LogP contribution is -2.25. The summed E-state index contributed by atoms with van der Waals surface area (Å²) in [7, 11) is 0. The van der Waals surface area contributed by atoms with Gasteiger partial charge in [0.2, 0.25) is 5.91 Å². The Hall–Kier alpha value is -2.10. The summed E-state index contributed by atoms with van der Waals surface area (Å²) >= 11 is 0. The van der Waals surface area contributed by atoms with Crippen molar-refractivity contribution < 1.29 is 4.79 Å². The average molecular weight is 384 g/mol. The predicted octanol–water partition coefficient (Wildman–Crippen LogP) is 6.15. The third-order valence-electron chi connectivity index (χ3n) is 5.26. The number of imidazole rings is 1. The fourth-order valence-electron chi connectivity index (χ4n) is 3.58. The highest BCUT2D eigenvalue weighted by atomic mass is 16.1. The number of fused-ring (bicyclic) bond motifs is 1. The van der Waals surface area contributed by atoms with Crippen LogP contribution in [0.1, 0.15) is 83.9 Å². The molecule has 0 unspecified atom stereocenters. The minimum absolute atomic E-state index is 0.113. The van der Waals surface area contributed by atoms with Gasteiger partial charge in [0, 0.05) is 12.1 Å². The number of aromatic nitrogens is 2. The van der Waals surface area contributed by atoms with Gasteiger partial charge < -0.3 is 9.88 Å². The van der Waals surface area contributed by atoms with E-state index in [4.69, 9.17) is 4.98 Å². The first-order valence-electron chi connectivity index (χ1n) is 11.0. The number of aryl methyl sites for hydroxylation is 1. The van der Waals surface area contributed by atoms with Crippen molar-refractivity contribution in [2.45, 2.75) is 91.1 Å². The molecule has 0 saturated carbocycles. The smallest absolute Gasteiger partial charge is 0.246 e. The van der Waals surface area contributed by atoms with E-state index < -0.39 is 0 Å². The van der Waals surface area contributed by atoms with Gasteiger partial charge in [0.05, 0.1) is 17.6 Å². The second kappa shape index (κ2) is 12.4. The maximum atomic E-state index is 11.8. The van der Waals surface area contributed by atoms with Gasteiger partial charge in [-0.2, -0.15) is 0 Å². The van der Waals surface area contributed by atoms with Crippen molar-refractivity contribution in [3.8, 4) is 0 Å². The Morgan fingerprint density at radius 2 is 1.61 bits per heavy atom. The predicted molar refractivity (Wildman–Crippen MR) is 118 cm³/mol. The molecular weight excluding hydrogens is 346 g/mol. The van der Waals surface area contributed by atoms with Crippen LogP contribution < -0.4 is 5.32 Å². The average Bonchev–Trinajstić information content (AvgIpc) is 3.05. The third kappa shape index (κ3) is 7.14. The number of hydrogen-bond acceptors (Lipinski definition) is 2. The standard InChI is InChI=1S/C24H37N3O/c1-4-5-6-7-8-9-10-11-12-15-18-27-22-17-14-13-16-21(22)26-23(27)19-25-24(28)20(2)3/h13-14,16-17H,2,4-12,15,18-19H2,1,3H3,(H,25,28). The molecule has 0 aliphatic heterocycles. The van der Waals surface area contributed by atoms with Gasteiger partial charge in [-0.1, -0.05) is 83.4 Å². The number of rotatable bonds is 14. The molecule has 2 aromatic rings. The Morgan fingerprint density at radius 3 is 2.25 bits per heavy atom. The number of unbranched alkanes of at least 4 members (excludes halogenated alkanes) is 9. The van der Waals surface area contributed by atoms with E-state index >= 15 is 0 Å². The lowest BCUT2D eigenvalue weighted by Gasteiger charge is -2.10. The minimum Gasteiger partial charge on any atom is -0.345 e. The summed E-state index contributed by atoms with van der Waals surface area (Å²) in [4.78, 5) is 16.6. The summed E-state index contributed by atoms with van der Waals surface area (Å²) in [5, 5.41) is 2.92. The quantitative estimate of drug-likeness (QED) is 0.314. The molecule has 1 amide bonds. The SMILES string of the molecule is C=C(C)C(=O)NCc1nc2ccccc2n1CCCCCCCCCCCC. The molecule has 0 atom stereocenters. The van der Waals surface area contributed by atoms with Gasteiger partial charge in [0.15, 0.2) is 0 Å². The van der Waals surface area contributed by atoms with Gasteiger partial charge in [-0.25, -0.2) is 4.98 Å². The highest BCUT2D eigenvalue weighted by Crippen LogP contribution is 2.18. The summed E-state index contributed by atoms with van der Waals surface area (Å²) < 4.78 is 2.26. The highest BCUT2D eigenvalue weighted by Gasteiger charge is 2.11. The molecular formula is C24H37N3O. The lowest BCUT2D eigenvalue weighted by molar-refractivity contribution is -0.117.